The van der Waals surface area contributed by atoms with Gasteiger partial charge >= 0.3 is 0 Å². The molecular weight excluding hydrogens is 408 g/mol. The molecule has 4 aromatic rings. The Morgan fingerprint density at radius 2 is 2.03 bits per heavy atom. The number of Topliss-reactive ketones (excluding diaryl/α,β-unsaturated/α-hetero) is 1. The van der Waals surface area contributed by atoms with Crippen LogP contribution in [0.15, 0.2) is 53.5 Å². The molecule has 3 N–H and O–H groups in total. The SMILES string of the molecule is NC(=O)C(=O)C(Cc1coc2ccncc12)NC(=O)c1nsnc1-c1ccccn1. The Balaban J connectivity index is 1.62. The molecule has 0 aliphatic heterocycles. The van der Waals surface area contributed by atoms with Crippen LogP contribution < -0.4 is 11.1 Å². The summed E-state index contributed by atoms with van der Waals surface area (Å²) in [6, 6.07) is 5.62. The van der Waals surface area contributed by atoms with Gasteiger partial charge in [0.15, 0.2) is 5.69 Å². The fraction of sp³-hybridized carbons (Fsp3) is 0.105. The monoisotopic (exact) mass is 422 g/mol. The highest BCUT2D eigenvalue weighted by Crippen LogP contribution is 2.22. The highest BCUT2D eigenvalue weighted by molar-refractivity contribution is 6.99. The first-order valence-electron chi connectivity index (χ1n) is 8.73. The van der Waals surface area contributed by atoms with Crippen molar-refractivity contribution in [3.8, 4) is 11.4 Å². The van der Waals surface area contributed by atoms with Crippen molar-refractivity contribution in [1.82, 2.24) is 24.0 Å². The molecule has 11 heteroatoms. The van der Waals surface area contributed by atoms with Gasteiger partial charge in [-0.1, -0.05) is 6.07 Å². The van der Waals surface area contributed by atoms with Crippen LogP contribution in [-0.2, 0) is 16.0 Å². The molecule has 1 atom stereocenters. The van der Waals surface area contributed by atoms with E-state index in [2.05, 4.69) is 24.0 Å². The minimum atomic E-state index is -1.21. The molecular formula is C19H14N6O4S. The van der Waals surface area contributed by atoms with Gasteiger partial charge in [-0.2, -0.15) is 8.75 Å². The van der Waals surface area contributed by atoms with Gasteiger partial charge in [-0.25, -0.2) is 0 Å². The molecule has 150 valence electrons. The van der Waals surface area contributed by atoms with Crippen LogP contribution in [0.5, 0.6) is 0 Å². The van der Waals surface area contributed by atoms with E-state index in [9.17, 15) is 14.4 Å². The van der Waals surface area contributed by atoms with E-state index in [4.69, 9.17) is 10.2 Å². The van der Waals surface area contributed by atoms with Crippen molar-refractivity contribution >= 4 is 40.3 Å². The predicted molar refractivity (Wildman–Crippen MR) is 106 cm³/mol. The van der Waals surface area contributed by atoms with Gasteiger partial charge in [0.05, 0.1) is 23.7 Å². The molecule has 10 nitrogen and oxygen atoms in total. The minimum absolute atomic E-state index is 0.000288. The Morgan fingerprint density at radius 1 is 1.17 bits per heavy atom. The molecule has 0 aromatic carbocycles. The van der Waals surface area contributed by atoms with Gasteiger partial charge < -0.3 is 15.5 Å². The van der Waals surface area contributed by atoms with E-state index in [1.807, 2.05) is 0 Å². The second kappa shape index (κ2) is 8.17. The van der Waals surface area contributed by atoms with Crippen molar-refractivity contribution in [3.63, 3.8) is 0 Å². The molecule has 0 saturated carbocycles. The third-order valence-electron chi connectivity index (χ3n) is 4.35. The summed E-state index contributed by atoms with van der Waals surface area (Å²) in [5.74, 6) is -2.77. The third kappa shape index (κ3) is 3.78. The number of carbonyl (C=O) groups is 3. The van der Waals surface area contributed by atoms with Crippen LogP contribution in [0.4, 0.5) is 0 Å². The fourth-order valence-corrected chi connectivity index (χ4v) is 3.47. The lowest BCUT2D eigenvalue weighted by Crippen LogP contribution is -2.47. The van der Waals surface area contributed by atoms with Crippen LogP contribution in [0.25, 0.3) is 22.4 Å². The maximum Gasteiger partial charge on any atom is 0.287 e. The smallest absolute Gasteiger partial charge is 0.287 e. The van der Waals surface area contributed by atoms with E-state index in [-0.39, 0.29) is 17.8 Å². The number of pyridine rings is 2. The number of fused-ring (bicyclic) bond motifs is 1. The Hall–Kier alpha value is -3.99. The Morgan fingerprint density at radius 3 is 2.80 bits per heavy atom. The molecule has 4 rings (SSSR count). The maximum absolute atomic E-state index is 12.9. The van der Waals surface area contributed by atoms with E-state index >= 15 is 0 Å². The predicted octanol–water partition coefficient (Wildman–Crippen LogP) is 1.14. The Bertz CT molecular complexity index is 1240. The van der Waals surface area contributed by atoms with E-state index < -0.39 is 23.6 Å². The molecule has 0 spiro atoms. The number of hydrogen-bond acceptors (Lipinski definition) is 9. The molecule has 4 heterocycles. The molecule has 0 aliphatic rings. The summed E-state index contributed by atoms with van der Waals surface area (Å²) >= 11 is 0.838. The van der Waals surface area contributed by atoms with E-state index in [0.29, 0.717) is 22.2 Å². The molecule has 0 bridgehead atoms. The van der Waals surface area contributed by atoms with Crippen LogP contribution in [0.2, 0.25) is 0 Å². The van der Waals surface area contributed by atoms with Crippen molar-refractivity contribution in [2.75, 3.05) is 0 Å². The Labute approximate surface area is 173 Å². The zero-order chi connectivity index (χ0) is 21.1. The zero-order valence-corrected chi connectivity index (χ0v) is 16.1. The summed E-state index contributed by atoms with van der Waals surface area (Å²) in [6.07, 6.45) is 6.14. The Kier molecular flexibility index (Phi) is 5.26. The van der Waals surface area contributed by atoms with Crippen molar-refractivity contribution in [2.24, 2.45) is 5.73 Å². The molecule has 0 aliphatic carbocycles. The van der Waals surface area contributed by atoms with Gasteiger partial charge in [0, 0.05) is 36.0 Å². The van der Waals surface area contributed by atoms with Crippen molar-refractivity contribution < 1.29 is 18.8 Å². The number of carbonyl (C=O) groups excluding carboxylic acids is 3. The summed E-state index contributed by atoms with van der Waals surface area (Å²) in [7, 11) is 0. The summed E-state index contributed by atoms with van der Waals surface area (Å²) in [5.41, 5.74) is 7.08. The van der Waals surface area contributed by atoms with Gasteiger partial charge in [0.1, 0.15) is 17.3 Å². The number of rotatable bonds is 7. The number of furan rings is 1. The lowest BCUT2D eigenvalue weighted by Gasteiger charge is -2.15. The number of ketones is 1. The molecule has 1 unspecified atom stereocenters. The lowest BCUT2D eigenvalue weighted by molar-refractivity contribution is -0.137. The molecule has 30 heavy (non-hydrogen) atoms. The molecule has 0 radical (unpaired) electrons. The average Bonchev–Trinajstić information content (AvgIpc) is 3.41. The molecule has 0 saturated heterocycles. The number of nitrogens with two attached hydrogens (primary N) is 1. The van der Waals surface area contributed by atoms with Gasteiger partial charge in [-0.3, -0.25) is 24.4 Å². The zero-order valence-electron chi connectivity index (χ0n) is 15.3. The van der Waals surface area contributed by atoms with Crippen molar-refractivity contribution in [1.29, 1.82) is 0 Å². The first-order valence-corrected chi connectivity index (χ1v) is 9.46. The second-order valence-corrected chi connectivity index (χ2v) is 6.80. The summed E-state index contributed by atoms with van der Waals surface area (Å²) in [5, 5.41) is 3.20. The number of aromatic nitrogens is 4. The van der Waals surface area contributed by atoms with Gasteiger partial charge in [-0.05, 0) is 18.2 Å². The van der Waals surface area contributed by atoms with E-state index in [1.165, 1.54) is 6.26 Å². The van der Waals surface area contributed by atoms with Gasteiger partial charge in [0.2, 0.25) is 5.78 Å². The highest BCUT2D eigenvalue weighted by atomic mass is 32.1. The molecule has 0 fully saturated rings. The highest BCUT2D eigenvalue weighted by Gasteiger charge is 2.29. The number of amides is 2. The second-order valence-electron chi connectivity index (χ2n) is 6.27. The third-order valence-corrected chi connectivity index (χ3v) is 4.88. The number of nitrogens with zero attached hydrogens (tertiary/aromatic N) is 4. The average molecular weight is 422 g/mol. The quantitative estimate of drug-likeness (QED) is 0.420. The molecule has 2 amide bonds. The van der Waals surface area contributed by atoms with Crippen LogP contribution in [0, 0.1) is 0 Å². The fourth-order valence-electron chi connectivity index (χ4n) is 2.92. The first kappa shape index (κ1) is 19.3. The van der Waals surface area contributed by atoms with Gasteiger partial charge in [-0.15, -0.1) is 0 Å². The van der Waals surface area contributed by atoms with Crippen LogP contribution >= 0.6 is 11.7 Å². The lowest BCUT2D eigenvalue weighted by atomic mass is 10.0. The topological polar surface area (TPSA) is 154 Å². The molecule has 4 aromatic heterocycles. The summed E-state index contributed by atoms with van der Waals surface area (Å²) in [6.45, 7) is 0. The van der Waals surface area contributed by atoms with Crippen LogP contribution in [-0.4, -0.2) is 42.4 Å². The van der Waals surface area contributed by atoms with E-state index in [0.717, 1.165) is 11.7 Å². The largest absolute Gasteiger partial charge is 0.464 e. The van der Waals surface area contributed by atoms with Crippen LogP contribution in [0.1, 0.15) is 16.1 Å². The summed E-state index contributed by atoms with van der Waals surface area (Å²) in [4.78, 5) is 45.0. The number of hydrogen-bond donors (Lipinski definition) is 2. The van der Waals surface area contributed by atoms with Crippen molar-refractivity contribution in [2.45, 2.75) is 12.5 Å². The van der Waals surface area contributed by atoms with Gasteiger partial charge in [0.25, 0.3) is 11.8 Å². The normalized spacial score (nSPS) is 11.9. The number of nitrogens with one attached hydrogen (secondary N) is 1. The minimum Gasteiger partial charge on any atom is -0.464 e. The first-order chi connectivity index (χ1) is 14.5. The number of primary amides is 1. The van der Waals surface area contributed by atoms with Crippen LogP contribution in [0.3, 0.4) is 0 Å². The maximum atomic E-state index is 12.9. The van der Waals surface area contributed by atoms with Crippen molar-refractivity contribution in [3.05, 3.63) is 60.4 Å². The standard InChI is InChI=1S/C19H14N6O4S/c20-18(27)17(26)13(7-10-9-29-14-4-6-21-8-11(10)14)23-19(28)16-15(24-30-25-16)12-3-1-2-5-22-12/h1-6,8-9,13H,7H2,(H2,20,27)(H,23,28). The summed E-state index contributed by atoms with van der Waals surface area (Å²) < 4.78 is 13.6. The van der Waals surface area contributed by atoms with E-state index in [1.54, 1.807) is 42.9 Å².